The molecule has 1 heterocycles. The summed E-state index contributed by atoms with van der Waals surface area (Å²) in [4.78, 5) is 36.7. The molecule has 0 aromatic heterocycles. The number of carboxylic acid groups (broad SMARTS) is 1. The summed E-state index contributed by atoms with van der Waals surface area (Å²) in [6.45, 7) is -0.198. The maximum Gasteiger partial charge on any atom is 0.416 e. The number of benzene rings is 2. The Morgan fingerprint density at radius 2 is 1.76 bits per heavy atom. The monoisotopic (exact) mass is 423 g/mol. The van der Waals surface area contributed by atoms with Crippen molar-refractivity contribution in [3.63, 3.8) is 0 Å². The van der Waals surface area contributed by atoms with Gasteiger partial charge in [-0.2, -0.15) is 13.2 Å². The first-order valence-corrected chi connectivity index (χ1v) is 8.86. The quantitative estimate of drug-likeness (QED) is 0.711. The van der Waals surface area contributed by atoms with Crippen LogP contribution in [0.1, 0.15) is 27.0 Å². The van der Waals surface area contributed by atoms with Crippen molar-refractivity contribution in [1.29, 1.82) is 0 Å². The summed E-state index contributed by atoms with van der Waals surface area (Å²) in [6.07, 6.45) is -3.17. The molecule has 0 bridgehead atoms. The molecule has 0 radical (unpaired) electrons. The second-order valence-electron chi connectivity index (χ2n) is 6.04. The number of thioether (sulfide) groups is 1. The number of halogens is 3. The zero-order valence-electron chi connectivity index (χ0n) is 14.4. The minimum absolute atomic E-state index is 0.0314. The van der Waals surface area contributed by atoms with Gasteiger partial charge in [0, 0.05) is 0 Å². The number of alkyl halides is 3. The third-order valence-corrected chi connectivity index (χ3v) is 4.95. The Hall–Kier alpha value is -3.27. The lowest BCUT2D eigenvalue weighted by Gasteiger charge is -2.13. The highest BCUT2D eigenvalue weighted by Gasteiger charge is 2.35. The van der Waals surface area contributed by atoms with E-state index in [9.17, 15) is 32.7 Å². The molecule has 1 saturated heterocycles. The van der Waals surface area contributed by atoms with E-state index < -0.39 is 34.6 Å². The van der Waals surface area contributed by atoms with Crippen LogP contribution in [0, 0.1) is 0 Å². The van der Waals surface area contributed by atoms with E-state index in [0.717, 1.165) is 29.2 Å². The Kier molecular flexibility index (Phi) is 5.38. The number of carbonyl (C=O) groups is 3. The number of hydrogen-bond donors (Lipinski definition) is 2. The van der Waals surface area contributed by atoms with Crippen LogP contribution in [0.5, 0.6) is 5.75 Å². The highest BCUT2D eigenvalue weighted by atomic mass is 32.2. The molecule has 10 heteroatoms. The van der Waals surface area contributed by atoms with Gasteiger partial charge in [-0.25, -0.2) is 4.79 Å². The fourth-order valence-electron chi connectivity index (χ4n) is 2.58. The van der Waals surface area contributed by atoms with Gasteiger partial charge in [-0.1, -0.05) is 18.2 Å². The first-order chi connectivity index (χ1) is 13.6. The molecule has 0 spiro atoms. The molecule has 2 aromatic rings. The van der Waals surface area contributed by atoms with Crippen molar-refractivity contribution in [3.05, 3.63) is 69.6 Å². The van der Waals surface area contributed by atoms with E-state index in [1.807, 2.05) is 0 Å². The molecule has 0 aliphatic carbocycles. The zero-order chi connectivity index (χ0) is 21.3. The molecule has 1 fully saturated rings. The number of amides is 2. The van der Waals surface area contributed by atoms with E-state index >= 15 is 0 Å². The van der Waals surface area contributed by atoms with Crippen molar-refractivity contribution in [1.82, 2.24) is 4.90 Å². The molecule has 0 saturated carbocycles. The van der Waals surface area contributed by atoms with Gasteiger partial charge in [-0.3, -0.25) is 14.5 Å². The molecule has 1 aliphatic rings. The van der Waals surface area contributed by atoms with Crippen LogP contribution in [-0.2, 0) is 17.5 Å². The second kappa shape index (κ2) is 7.63. The van der Waals surface area contributed by atoms with E-state index in [1.165, 1.54) is 24.3 Å². The Balaban J connectivity index is 1.80. The number of nitrogens with zero attached hydrogens (tertiary/aromatic N) is 1. The summed E-state index contributed by atoms with van der Waals surface area (Å²) >= 11 is 0.630. The van der Waals surface area contributed by atoms with Gasteiger partial charge < -0.3 is 10.2 Å². The average molecular weight is 423 g/mol. The van der Waals surface area contributed by atoms with Crippen molar-refractivity contribution in [3.8, 4) is 5.75 Å². The molecule has 0 unspecified atom stereocenters. The number of phenols is 1. The van der Waals surface area contributed by atoms with Gasteiger partial charge >= 0.3 is 12.1 Å². The second-order valence-corrected chi connectivity index (χ2v) is 7.04. The lowest BCUT2D eigenvalue weighted by molar-refractivity contribution is -0.137. The van der Waals surface area contributed by atoms with E-state index in [0.29, 0.717) is 22.9 Å². The van der Waals surface area contributed by atoms with Gasteiger partial charge in [0.25, 0.3) is 11.1 Å². The fraction of sp³-hybridized carbons (Fsp3) is 0.105. The SMILES string of the molecule is O=C(O)c1cc(/C=C2\SC(=O)N(Cc3ccc(C(F)(F)F)cc3)C2=O)ccc1O. The van der Waals surface area contributed by atoms with Crippen LogP contribution >= 0.6 is 11.8 Å². The number of imide groups is 1. The third kappa shape index (κ3) is 4.43. The number of aromatic hydroxyl groups is 1. The Bertz CT molecular complexity index is 1030. The molecule has 29 heavy (non-hydrogen) atoms. The first-order valence-electron chi connectivity index (χ1n) is 8.04. The highest BCUT2D eigenvalue weighted by Crippen LogP contribution is 2.34. The standard InChI is InChI=1S/C19H12F3NO5S/c20-19(21,22)12-4-1-10(2-5-12)9-23-16(25)15(29-18(23)28)8-11-3-6-14(24)13(7-11)17(26)27/h1-8,24H,9H2,(H,26,27)/b15-8-. The molecule has 2 aromatic carbocycles. The fourth-order valence-corrected chi connectivity index (χ4v) is 3.42. The van der Waals surface area contributed by atoms with Gasteiger partial charge in [0.15, 0.2) is 0 Å². The predicted octanol–water partition coefficient (Wildman–Crippen LogP) is 4.35. The maximum absolute atomic E-state index is 12.6. The van der Waals surface area contributed by atoms with Gasteiger partial charge in [0.1, 0.15) is 11.3 Å². The number of carbonyl (C=O) groups excluding carboxylic acids is 2. The Morgan fingerprint density at radius 1 is 1.10 bits per heavy atom. The minimum atomic E-state index is -4.48. The number of aromatic carboxylic acids is 1. The lowest BCUT2D eigenvalue weighted by atomic mass is 10.1. The molecule has 0 atom stereocenters. The smallest absolute Gasteiger partial charge is 0.416 e. The Morgan fingerprint density at radius 3 is 2.34 bits per heavy atom. The molecular formula is C19H12F3NO5S. The van der Waals surface area contributed by atoms with Crippen molar-refractivity contribution >= 4 is 35.0 Å². The van der Waals surface area contributed by atoms with Crippen molar-refractivity contribution in [2.75, 3.05) is 0 Å². The topological polar surface area (TPSA) is 94.9 Å². The van der Waals surface area contributed by atoms with Crippen LogP contribution in [-0.4, -0.2) is 32.2 Å². The average Bonchev–Trinajstić information content (AvgIpc) is 2.90. The van der Waals surface area contributed by atoms with Crippen molar-refractivity contribution in [2.45, 2.75) is 12.7 Å². The number of rotatable bonds is 4. The molecule has 3 rings (SSSR count). The van der Waals surface area contributed by atoms with Crippen LogP contribution in [0.2, 0.25) is 0 Å². The van der Waals surface area contributed by atoms with Crippen LogP contribution < -0.4 is 0 Å². The first kappa shape index (κ1) is 20.5. The van der Waals surface area contributed by atoms with Crippen LogP contribution in [0.25, 0.3) is 6.08 Å². The highest BCUT2D eigenvalue weighted by molar-refractivity contribution is 8.18. The van der Waals surface area contributed by atoms with Crippen molar-refractivity contribution in [2.24, 2.45) is 0 Å². The minimum Gasteiger partial charge on any atom is -0.507 e. The molecule has 2 amide bonds. The van der Waals surface area contributed by atoms with E-state index in [4.69, 9.17) is 5.11 Å². The summed E-state index contributed by atoms with van der Waals surface area (Å²) in [5, 5.41) is 18.0. The van der Waals surface area contributed by atoms with Gasteiger partial charge in [-0.05, 0) is 53.2 Å². The largest absolute Gasteiger partial charge is 0.507 e. The van der Waals surface area contributed by atoms with Crippen molar-refractivity contribution < 1.29 is 37.8 Å². The maximum atomic E-state index is 12.6. The van der Waals surface area contributed by atoms with Gasteiger partial charge in [0.05, 0.1) is 17.0 Å². The summed E-state index contributed by atoms with van der Waals surface area (Å²) in [5.41, 5.74) is -0.556. The molecule has 2 N–H and O–H groups in total. The van der Waals surface area contributed by atoms with E-state index in [2.05, 4.69) is 0 Å². The molecule has 1 aliphatic heterocycles. The third-order valence-electron chi connectivity index (χ3n) is 4.04. The number of carboxylic acids is 1. The van der Waals surface area contributed by atoms with E-state index in [1.54, 1.807) is 0 Å². The van der Waals surface area contributed by atoms with Gasteiger partial charge in [0.2, 0.25) is 0 Å². The normalized spacial score (nSPS) is 16.0. The van der Waals surface area contributed by atoms with Gasteiger partial charge in [-0.15, -0.1) is 0 Å². The summed E-state index contributed by atoms with van der Waals surface area (Å²) in [6, 6.07) is 7.81. The molecule has 150 valence electrons. The van der Waals surface area contributed by atoms with Crippen LogP contribution in [0.15, 0.2) is 47.4 Å². The lowest BCUT2D eigenvalue weighted by Crippen LogP contribution is -2.27. The molecular weight excluding hydrogens is 411 g/mol. The molecule has 6 nitrogen and oxygen atoms in total. The number of hydrogen-bond acceptors (Lipinski definition) is 5. The zero-order valence-corrected chi connectivity index (χ0v) is 15.3. The van der Waals surface area contributed by atoms with Crippen LogP contribution in [0.4, 0.5) is 18.0 Å². The van der Waals surface area contributed by atoms with E-state index in [-0.39, 0.29) is 17.0 Å². The summed E-state index contributed by atoms with van der Waals surface area (Å²) in [7, 11) is 0. The Labute approximate surface area is 166 Å². The summed E-state index contributed by atoms with van der Waals surface area (Å²) < 4.78 is 37.9. The van der Waals surface area contributed by atoms with Crippen LogP contribution in [0.3, 0.4) is 0 Å². The predicted molar refractivity (Wildman–Crippen MR) is 98.0 cm³/mol. The summed E-state index contributed by atoms with van der Waals surface area (Å²) in [5.74, 6) is -2.44.